The van der Waals surface area contributed by atoms with Gasteiger partial charge in [0, 0.05) is 11.3 Å². The SMILES string of the molecule is C/C(=N\NC(=O)c1ccc(C(C)(C)C)cc1)c1cccc(N)c1. The zero-order valence-corrected chi connectivity index (χ0v) is 14.1. The molecule has 0 fully saturated rings. The molecule has 1 amide bonds. The van der Waals surface area contributed by atoms with Gasteiger partial charge in [-0.25, -0.2) is 5.43 Å². The fourth-order valence-electron chi connectivity index (χ4n) is 2.15. The summed E-state index contributed by atoms with van der Waals surface area (Å²) in [7, 11) is 0. The number of benzene rings is 2. The summed E-state index contributed by atoms with van der Waals surface area (Å²) in [6, 6.07) is 15.0. The van der Waals surface area contributed by atoms with Crippen LogP contribution in [-0.4, -0.2) is 11.6 Å². The maximum absolute atomic E-state index is 12.2. The Hall–Kier alpha value is -2.62. The molecule has 0 saturated heterocycles. The molecule has 0 atom stereocenters. The molecule has 0 aliphatic rings. The van der Waals surface area contributed by atoms with Gasteiger partial charge in [0.15, 0.2) is 0 Å². The highest BCUT2D eigenvalue weighted by atomic mass is 16.2. The molecular weight excluding hydrogens is 286 g/mol. The molecule has 23 heavy (non-hydrogen) atoms. The van der Waals surface area contributed by atoms with Gasteiger partial charge < -0.3 is 5.73 Å². The molecule has 0 bridgehead atoms. The molecule has 0 unspecified atom stereocenters. The molecule has 0 aromatic heterocycles. The molecule has 0 heterocycles. The first-order chi connectivity index (χ1) is 10.8. The van der Waals surface area contributed by atoms with Crippen LogP contribution in [0.3, 0.4) is 0 Å². The highest BCUT2D eigenvalue weighted by Crippen LogP contribution is 2.22. The lowest BCUT2D eigenvalue weighted by atomic mass is 9.87. The molecule has 0 aliphatic carbocycles. The van der Waals surface area contributed by atoms with Crippen LogP contribution < -0.4 is 11.2 Å². The molecule has 0 radical (unpaired) electrons. The van der Waals surface area contributed by atoms with Gasteiger partial charge in [-0.05, 0) is 47.7 Å². The van der Waals surface area contributed by atoms with Crippen molar-refractivity contribution in [1.82, 2.24) is 5.43 Å². The summed E-state index contributed by atoms with van der Waals surface area (Å²) in [5, 5.41) is 4.14. The van der Waals surface area contributed by atoms with E-state index < -0.39 is 0 Å². The fourth-order valence-corrected chi connectivity index (χ4v) is 2.15. The number of rotatable bonds is 3. The highest BCUT2D eigenvalue weighted by Gasteiger charge is 2.14. The minimum absolute atomic E-state index is 0.0665. The summed E-state index contributed by atoms with van der Waals surface area (Å²) in [5.74, 6) is -0.228. The minimum atomic E-state index is -0.228. The molecule has 2 aromatic rings. The first kappa shape index (κ1) is 16.7. The highest BCUT2D eigenvalue weighted by molar-refractivity contribution is 6.01. The van der Waals surface area contributed by atoms with Gasteiger partial charge >= 0.3 is 0 Å². The van der Waals surface area contributed by atoms with E-state index in [2.05, 4.69) is 31.3 Å². The van der Waals surface area contributed by atoms with Gasteiger partial charge in [0.05, 0.1) is 5.71 Å². The third kappa shape index (κ3) is 4.42. The Kier molecular flexibility index (Phi) is 4.84. The van der Waals surface area contributed by atoms with E-state index in [0.717, 1.165) is 5.56 Å². The second kappa shape index (κ2) is 6.65. The van der Waals surface area contributed by atoms with E-state index in [0.29, 0.717) is 17.0 Å². The number of nitrogens with one attached hydrogen (secondary N) is 1. The van der Waals surface area contributed by atoms with Crippen LogP contribution in [0.2, 0.25) is 0 Å². The van der Waals surface area contributed by atoms with Crippen LogP contribution in [0.15, 0.2) is 53.6 Å². The topological polar surface area (TPSA) is 67.5 Å². The van der Waals surface area contributed by atoms with Crippen LogP contribution in [0.25, 0.3) is 0 Å². The van der Waals surface area contributed by atoms with Crippen molar-refractivity contribution in [2.45, 2.75) is 33.1 Å². The number of hydrogen-bond acceptors (Lipinski definition) is 3. The van der Waals surface area contributed by atoms with Crippen molar-refractivity contribution in [3.8, 4) is 0 Å². The minimum Gasteiger partial charge on any atom is -0.399 e. The average molecular weight is 309 g/mol. The van der Waals surface area contributed by atoms with E-state index in [1.807, 2.05) is 55.5 Å². The van der Waals surface area contributed by atoms with E-state index in [1.165, 1.54) is 5.56 Å². The Bertz CT molecular complexity index is 725. The van der Waals surface area contributed by atoms with Crippen LogP contribution in [0.5, 0.6) is 0 Å². The predicted octanol–water partition coefficient (Wildman–Crippen LogP) is 3.72. The molecule has 120 valence electrons. The first-order valence-corrected chi connectivity index (χ1v) is 7.58. The molecule has 4 nitrogen and oxygen atoms in total. The average Bonchev–Trinajstić information content (AvgIpc) is 2.51. The molecule has 4 heteroatoms. The van der Waals surface area contributed by atoms with Crippen molar-refractivity contribution < 1.29 is 4.79 Å². The Morgan fingerprint density at radius 3 is 2.26 bits per heavy atom. The van der Waals surface area contributed by atoms with Crippen LogP contribution in [0.1, 0.15) is 49.2 Å². The lowest BCUT2D eigenvalue weighted by Gasteiger charge is -2.18. The van der Waals surface area contributed by atoms with Crippen molar-refractivity contribution >= 4 is 17.3 Å². The lowest BCUT2D eigenvalue weighted by Crippen LogP contribution is -2.20. The zero-order valence-electron chi connectivity index (χ0n) is 14.1. The lowest BCUT2D eigenvalue weighted by molar-refractivity contribution is 0.0955. The maximum atomic E-state index is 12.2. The summed E-state index contributed by atoms with van der Waals surface area (Å²) in [5.41, 5.74) is 12.4. The van der Waals surface area contributed by atoms with Crippen molar-refractivity contribution in [2.75, 3.05) is 5.73 Å². The van der Waals surface area contributed by atoms with E-state index in [-0.39, 0.29) is 11.3 Å². The van der Waals surface area contributed by atoms with Crippen LogP contribution >= 0.6 is 0 Å². The Labute approximate surface area is 137 Å². The van der Waals surface area contributed by atoms with E-state index in [1.54, 1.807) is 0 Å². The normalized spacial score (nSPS) is 12.1. The van der Waals surface area contributed by atoms with Gasteiger partial charge in [-0.15, -0.1) is 0 Å². The Morgan fingerprint density at radius 1 is 1.04 bits per heavy atom. The molecular formula is C19H23N3O. The van der Waals surface area contributed by atoms with Crippen molar-refractivity contribution in [3.05, 3.63) is 65.2 Å². The summed E-state index contributed by atoms with van der Waals surface area (Å²) in [4.78, 5) is 12.2. The number of nitrogen functional groups attached to an aromatic ring is 1. The van der Waals surface area contributed by atoms with Gasteiger partial charge in [0.1, 0.15) is 0 Å². The standard InChI is InChI=1S/C19H23N3O/c1-13(15-6-5-7-17(20)12-15)21-22-18(23)14-8-10-16(11-9-14)19(2,3)4/h5-12H,20H2,1-4H3,(H,22,23)/b21-13+. The van der Waals surface area contributed by atoms with Gasteiger partial charge in [-0.1, -0.05) is 45.0 Å². The van der Waals surface area contributed by atoms with Gasteiger partial charge in [-0.2, -0.15) is 5.10 Å². The van der Waals surface area contributed by atoms with Crippen molar-refractivity contribution in [3.63, 3.8) is 0 Å². The number of nitrogens with two attached hydrogens (primary N) is 1. The predicted molar refractivity (Wildman–Crippen MR) is 95.7 cm³/mol. The molecule has 2 aromatic carbocycles. The molecule has 2 rings (SSSR count). The zero-order chi connectivity index (χ0) is 17.0. The second-order valence-corrected chi connectivity index (χ2v) is 6.59. The van der Waals surface area contributed by atoms with Crippen molar-refractivity contribution in [1.29, 1.82) is 0 Å². The number of hydrazone groups is 1. The summed E-state index contributed by atoms with van der Waals surface area (Å²) in [6.45, 7) is 8.25. The monoisotopic (exact) mass is 309 g/mol. The summed E-state index contributed by atoms with van der Waals surface area (Å²) >= 11 is 0. The number of amides is 1. The molecule has 0 saturated carbocycles. The van der Waals surface area contributed by atoms with Gasteiger partial charge in [0.25, 0.3) is 5.91 Å². The van der Waals surface area contributed by atoms with E-state index in [4.69, 9.17) is 5.73 Å². The number of carbonyl (C=O) groups is 1. The first-order valence-electron chi connectivity index (χ1n) is 7.58. The molecule has 0 aliphatic heterocycles. The van der Waals surface area contributed by atoms with Crippen LogP contribution in [-0.2, 0) is 5.41 Å². The fraction of sp³-hybridized carbons (Fsp3) is 0.263. The second-order valence-electron chi connectivity index (χ2n) is 6.59. The third-order valence-electron chi connectivity index (χ3n) is 3.64. The number of nitrogens with zero attached hydrogens (tertiary/aromatic N) is 1. The smallest absolute Gasteiger partial charge is 0.271 e. The maximum Gasteiger partial charge on any atom is 0.271 e. The quantitative estimate of drug-likeness (QED) is 0.515. The number of hydrogen-bond donors (Lipinski definition) is 2. The summed E-state index contributed by atoms with van der Waals surface area (Å²) in [6.07, 6.45) is 0. The van der Waals surface area contributed by atoms with Gasteiger partial charge in [0.2, 0.25) is 0 Å². The third-order valence-corrected chi connectivity index (χ3v) is 3.64. The number of anilines is 1. The van der Waals surface area contributed by atoms with Crippen molar-refractivity contribution in [2.24, 2.45) is 5.10 Å². The van der Waals surface area contributed by atoms with E-state index >= 15 is 0 Å². The molecule has 0 spiro atoms. The molecule has 3 N–H and O–H groups in total. The van der Waals surface area contributed by atoms with E-state index in [9.17, 15) is 4.79 Å². The van der Waals surface area contributed by atoms with Crippen LogP contribution in [0.4, 0.5) is 5.69 Å². The largest absolute Gasteiger partial charge is 0.399 e. The van der Waals surface area contributed by atoms with Gasteiger partial charge in [-0.3, -0.25) is 4.79 Å². The Morgan fingerprint density at radius 2 is 1.70 bits per heavy atom. The Balaban J connectivity index is 2.08. The number of carbonyl (C=O) groups excluding carboxylic acids is 1. The van der Waals surface area contributed by atoms with Crippen LogP contribution in [0, 0.1) is 0 Å². The summed E-state index contributed by atoms with van der Waals surface area (Å²) < 4.78 is 0.